The van der Waals surface area contributed by atoms with E-state index in [1.807, 2.05) is 0 Å². The van der Waals surface area contributed by atoms with Crippen molar-refractivity contribution in [3.05, 3.63) is 36.0 Å². The number of nitrogens with zero attached hydrogens (tertiary/aromatic N) is 2. The summed E-state index contributed by atoms with van der Waals surface area (Å²) in [5, 5.41) is 9.02. The molecule has 0 unspecified atom stereocenters. The fraction of sp³-hybridized carbons (Fsp3) is 0.294. The molecule has 0 bridgehead atoms. The first-order chi connectivity index (χ1) is 12.0. The lowest BCUT2D eigenvalue weighted by atomic mass is 9.93. The zero-order chi connectivity index (χ0) is 17.8. The molecule has 2 amide bonds. The normalized spacial score (nSPS) is 13.6. The van der Waals surface area contributed by atoms with Crippen molar-refractivity contribution in [1.29, 1.82) is 0 Å². The van der Waals surface area contributed by atoms with Gasteiger partial charge in [0.2, 0.25) is 11.9 Å². The molecule has 3 rings (SSSR count). The molecule has 1 aliphatic carbocycles. The van der Waals surface area contributed by atoms with Crippen LogP contribution in [-0.4, -0.2) is 27.8 Å². The predicted octanol–water partition coefficient (Wildman–Crippen LogP) is 2.24. The number of nitrogens with two attached hydrogens (primary N) is 1. The Labute approximate surface area is 145 Å². The fourth-order valence-corrected chi connectivity index (χ4v) is 2.45. The minimum Gasteiger partial charge on any atom is -0.367 e. The molecule has 1 saturated carbocycles. The number of carbonyl (C=O) groups excluding carboxylic acids is 2. The molecule has 5 N–H and O–H groups in total. The third-order valence-corrected chi connectivity index (χ3v) is 3.96. The summed E-state index contributed by atoms with van der Waals surface area (Å²) in [6, 6.07) is 7.47. The molecule has 25 heavy (non-hydrogen) atoms. The summed E-state index contributed by atoms with van der Waals surface area (Å²) >= 11 is 0. The van der Waals surface area contributed by atoms with E-state index >= 15 is 0 Å². The van der Waals surface area contributed by atoms with Crippen LogP contribution in [-0.2, 0) is 4.79 Å². The summed E-state index contributed by atoms with van der Waals surface area (Å²) in [4.78, 5) is 31.1. The Hall–Kier alpha value is -3.16. The van der Waals surface area contributed by atoms with Crippen LogP contribution in [0.1, 0.15) is 36.5 Å². The van der Waals surface area contributed by atoms with Gasteiger partial charge in [0.15, 0.2) is 0 Å². The van der Waals surface area contributed by atoms with Gasteiger partial charge >= 0.3 is 0 Å². The number of primary amides is 1. The highest BCUT2D eigenvalue weighted by molar-refractivity contribution is 5.97. The van der Waals surface area contributed by atoms with Gasteiger partial charge in [-0.2, -0.15) is 4.98 Å². The molecule has 0 spiro atoms. The van der Waals surface area contributed by atoms with Crippen LogP contribution in [0.25, 0.3) is 0 Å². The zero-order valence-electron chi connectivity index (χ0n) is 13.9. The van der Waals surface area contributed by atoms with Gasteiger partial charge in [0, 0.05) is 30.5 Å². The van der Waals surface area contributed by atoms with E-state index in [1.54, 1.807) is 24.3 Å². The summed E-state index contributed by atoms with van der Waals surface area (Å²) in [6.45, 7) is 1.46. The summed E-state index contributed by atoms with van der Waals surface area (Å²) in [5.74, 6) is 0.120. The van der Waals surface area contributed by atoms with Gasteiger partial charge in [0.1, 0.15) is 5.82 Å². The minimum atomic E-state index is -0.562. The lowest BCUT2D eigenvalue weighted by Crippen LogP contribution is -2.29. The molecular formula is C17H20N6O2. The van der Waals surface area contributed by atoms with Crippen molar-refractivity contribution in [2.45, 2.75) is 32.2 Å². The second kappa shape index (κ2) is 7.16. The first-order valence-corrected chi connectivity index (χ1v) is 8.09. The van der Waals surface area contributed by atoms with Gasteiger partial charge < -0.3 is 21.7 Å². The van der Waals surface area contributed by atoms with Crippen LogP contribution in [0.3, 0.4) is 0 Å². The van der Waals surface area contributed by atoms with Crippen LogP contribution in [0.4, 0.5) is 23.1 Å². The molecule has 0 radical (unpaired) electrons. The SMILES string of the molecule is CC(=O)Nc1ccc(Nc2ncc(C(N)=O)c(NC3CCC3)n2)cc1. The van der Waals surface area contributed by atoms with Gasteiger partial charge in [-0.3, -0.25) is 9.59 Å². The van der Waals surface area contributed by atoms with Gasteiger partial charge in [-0.15, -0.1) is 0 Å². The highest BCUT2D eigenvalue weighted by Crippen LogP contribution is 2.25. The van der Waals surface area contributed by atoms with Gasteiger partial charge in [-0.1, -0.05) is 0 Å². The van der Waals surface area contributed by atoms with E-state index in [0.717, 1.165) is 18.5 Å². The maximum atomic E-state index is 11.6. The largest absolute Gasteiger partial charge is 0.367 e. The lowest BCUT2D eigenvalue weighted by molar-refractivity contribution is -0.114. The van der Waals surface area contributed by atoms with Crippen LogP contribution in [0.15, 0.2) is 30.5 Å². The first kappa shape index (κ1) is 16.7. The highest BCUT2D eigenvalue weighted by atomic mass is 16.1. The average Bonchev–Trinajstić information content (AvgIpc) is 2.52. The molecule has 2 aromatic rings. The number of anilines is 4. The second-order valence-corrected chi connectivity index (χ2v) is 5.98. The lowest BCUT2D eigenvalue weighted by Gasteiger charge is -2.27. The van der Waals surface area contributed by atoms with Crippen LogP contribution < -0.4 is 21.7 Å². The Morgan fingerprint density at radius 1 is 1.16 bits per heavy atom. The number of hydrogen-bond donors (Lipinski definition) is 4. The molecule has 1 aliphatic rings. The number of rotatable bonds is 6. The standard InChI is InChI=1S/C17H20N6O2/c1-10(24)20-12-5-7-13(8-6-12)22-17-19-9-14(15(18)25)16(23-17)21-11-3-2-4-11/h5-9,11H,2-4H2,1H3,(H2,18,25)(H,20,24)(H2,19,21,22,23). The summed E-state index contributed by atoms with van der Waals surface area (Å²) in [7, 11) is 0. The average molecular weight is 340 g/mol. The van der Waals surface area contributed by atoms with Crippen molar-refractivity contribution in [2.24, 2.45) is 5.73 Å². The van der Waals surface area contributed by atoms with Gasteiger partial charge in [0.05, 0.1) is 5.56 Å². The molecule has 0 atom stereocenters. The Morgan fingerprint density at radius 2 is 1.84 bits per heavy atom. The molecule has 1 heterocycles. The van der Waals surface area contributed by atoms with E-state index in [-0.39, 0.29) is 11.5 Å². The quantitative estimate of drug-likeness (QED) is 0.640. The topological polar surface area (TPSA) is 122 Å². The van der Waals surface area contributed by atoms with E-state index in [1.165, 1.54) is 19.5 Å². The second-order valence-electron chi connectivity index (χ2n) is 5.98. The Kier molecular flexibility index (Phi) is 4.78. The van der Waals surface area contributed by atoms with Crippen LogP contribution in [0.5, 0.6) is 0 Å². The van der Waals surface area contributed by atoms with Crippen LogP contribution in [0.2, 0.25) is 0 Å². The van der Waals surface area contributed by atoms with E-state index in [9.17, 15) is 9.59 Å². The Morgan fingerprint density at radius 3 is 2.40 bits per heavy atom. The maximum absolute atomic E-state index is 11.6. The monoisotopic (exact) mass is 340 g/mol. The predicted molar refractivity (Wildman–Crippen MR) is 95.8 cm³/mol. The summed E-state index contributed by atoms with van der Waals surface area (Å²) in [6.07, 6.45) is 4.69. The number of benzene rings is 1. The number of aromatic nitrogens is 2. The zero-order valence-corrected chi connectivity index (χ0v) is 13.9. The van der Waals surface area contributed by atoms with Crippen molar-refractivity contribution in [2.75, 3.05) is 16.0 Å². The van der Waals surface area contributed by atoms with E-state index in [0.29, 0.717) is 23.5 Å². The van der Waals surface area contributed by atoms with E-state index in [2.05, 4.69) is 25.9 Å². The maximum Gasteiger partial charge on any atom is 0.254 e. The molecule has 8 nitrogen and oxygen atoms in total. The van der Waals surface area contributed by atoms with Crippen LogP contribution in [0, 0.1) is 0 Å². The van der Waals surface area contributed by atoms with Crippen molar-refractivity contribution in [3.63, 3.8) is 0 Å². The Balaban J connectivity index is 1.76. The molecule has 1 aromatic heterocycles. The van der Waals surface area contributed by atoms with Crippen molar-refractivity contribution >= 4 is 35.0 Å². The van der Waals surface area contributed by atoms with E-state index < -0.39 is 5.91 Å². The molecular weight excluding hydrogens is 320 g/mol. The van der Waals surface area contributed by atoms with Crippen LogP contribution >= 0.6 is 0 Å². The molecule has 8 heteroatoms. The fourth-order valence-electron chi connectivity index (χ4n) is 2.45. The van der Waals surface area contributed by atoms with Gasteiger partial charge in [-0.25, -0.2) is 4.98 Å². The van der Waals surface area contributed by atoms with E-state index in [4.69, 9.17) is 5.73 Å². The third-order valence-electron chi connectivity index (χ3n) is 3.96. The highest BCUT2D eigenvalue weighted by Gasteiger charge is 2.21. The molecule has 1 aromatic carbocycles. The molecule has 130 valence electrons. The molecule has 0 aliphatic heterocycles. The number of nitrogens with one attached hydrogen (secondary N) is 3. The van der Waals surface area contributed by atoms with Gasteiger partial charge in [-0.05, 0) is 43.5 Å². The van der Waals surface area contributed by atoms with Crippen molar-refractivity contribution in [1.82, 2.24) is 9.97 Å². The molecule has 1 fully saturated rings. The first-order valence-electron chi connectivity index (χ1n) is 8.09. The Bertz CT molecular complexity index is 786. The number of hydrogen-bond acceptors (Lipinski definition) is 6. The van der Waals surface area contributed by atoms with Gasteiger partial charge in [0.25, 0.3) is 5.91 Å². The van der Waals surface area contributed by atoms with Crippen molar-refractivity contribution < 1.29 is 9.59 Å². The number of carbonyl (C=O) groups is 2. The smallest absolute Gasteiger partial charge is 0.254 e. The minimum absolute atomic E-state index is 0.127. The molecule has 0 saturated heterocycles. The summed E-state index contributed by atoms with van der Waals surface area (Å²) in [5.41, 5.74) is 7.14. The van der Waals surface area contributed by atoms with Crippen molar-refractivity contribution in [3.8, 4) is 0 Å². The third kappa shape index (κ3) is 4.23. The summed E-state index contributed by atoms with van der Waals surface area (Å²) < 4.78 is 0. The number of amides is 2.